The zero-order chi connectivity index (χ0) is 22.2. The molecule has 158 valence electrons. The minimum Gasteiger partial charge on any atom is -0.480 e. The number of benzene rings is 3. The van der Waals surface area contributed by atoms with Gasteiger partial charge in [-0.2, -0.15) is 0 Å². The van der Waals surface area contributed by atoms with Gasteiger partial charge in [0.2, 0.25) is 0 Å². The number of ketones is 1. The number of carboxylic acids is 1. The first-order valence-corrected chi connectivity index (χ1v) is 9.79. The van der Waals surface area contributed by atoms with Gasteiger partial charge in [-0.25, -0.2) is 4.79 Å². The van der Waals surface area contributed by atoms with Crippen LogP contribution in [0.3, 0.4) is 0 Å². The van der Waals surface area contributed by atoms with E-state index < -0.39 is 24.0 Å². The van der Waals surface area contributed by atoms with Gasteiger partial charge in [-0.3, -0.25) is 9.59 Å². The fourth-order valence-electron chi connectivity index (χ4n) is 3.25. The van der Waals surface area contributed by atoms with Gasteiger partial charge in [-0.15, -0.1) is 0 Å². The molecule has 0 bridgehead atoms. The van der Waals surface area contributed by atoms with E-state index >= 15 is 0 Å². The third-order valence-corrected chi connectivity index (χ3v) is 4.88. The number of hydrogen-bond acceptors (Lipinski definition) is 4. The van der Waals surface area contributed by atoms with Crippen molar-refractivity contribution in [1.82, 2.24) is 5.32 Å². The summed E-state index contributed by atoms with van der Waals surface area (Å²) in [6.07, 6.45) is -0.833. The summed E-state index contributed by atoms with van der Waals surface area (Å²) >= 11 is 0. The normalized spacial score (nSPS) is 12.5. The van der Waals surface area contributed by atoms with Gasteiger partial charge in [0.1, 0.15) is 6.04 Å². The standard InChI is InChI=1S/C25H23NO5/c1-31-23(20-10-6-3-7-11-20)24(28)26-21(25(29)30)16-17-12-14-19(15-13-17)22(27)18-8-4-2-5-9-18/h2-15,21,23H,16H2,1H3,(H,26,28)(H,29,30)/t21-,23-/m1/s1. The van der Waals surface area contributed by atoms with Crippen LogP contribution in [0.15, 0.2) is 84.9 Å². The highest BCUT2D eigenvalue weighted by molar-refractivity contribution is 6.08. The van der Waals surface area contributed by atoms with Crippen molar-refractivity contribution in [3.05, 3.63) is 107 Å². The zero-order valence-corrected chi connectivity index (χ0v) is 17.0. The van der Waals surface area contributed by atoms with Crippen LogP contribution in [0.1, 0.15) is 33.2 Å². The van der Waals surface area contributed by atoms with E-state index in [4.69, 9.17) is 4.74 Å². The van der Waals surface area contributed by atoms with Crippen molar-refractivity contribution in [1.29, 1.82) is 0 Å². The molecule has 3 aromatic carbocycles. The lowest BCUT2D eigenvalue weighted by molar-refractivity contribution is -0.144. The second-order valence-electron chi connectivity index (χ2n) is 7.02. The number of carbonyl (C=O) groups is 3. The molecule has 3 aromatic rings. The van der Waals surface area contributed by atoms with Crippen molar-refractivity contribution in [3.8, 4) is 0 Å². The Kier molecular flexibility index (Phi) is 7.30. The molecule has 0 saturated carbocycles. The van der Waals surface area contributed by atoms with Gasteiger partial charge in [-0.1, -0.05) is 84.9 Å². The Hall–Kier alpha value is -3.77. The molecule has 0 heterocycles. The van der Waals surface area contributed by atoms with Gasteiger partial charge < -0.3 is 15.2 Å². The van der Waals surface area contributed by atoms with E-state index in [2.05, 4.69) is 5.32 Å². The van der Waals surface area contributed by atoms with Crippen LogP contribution in [-0.2, 0) is 20.7 Å². The van der Waals surface area contributed by atoms with Gasteiger partial charge >= 0.3 is 5.97 Å². The SMILES string of the molecule is CO[C@@H](C(=O)N[C@H](Cc1ccc(C(=O)c2ccccc2)cc1)C(=O)O)c1ccccc1. The first-order chi connectivity index (χ1) is 15.0. The van der Waals surface area contributed by atoms with E-state index in [1.807, 2.05) is 12.1 Å². The van der Waals surface area contributed by atoms with E-state index in [-0.39, 0.29) is 12.2 Å². The van der Waals surface area contributed by atoms with E-state index in [0.717, 1.165) is 0 Å². The molecule has 6 heteroatoms. The monoisotopic (exact) mass is 417 g/mol. The molecule has 0 saturated heterocycles. The maximum atomic E-state index is 12.6. The molecule has 3 rings (SSSR count). The van der Waals surface area contributed by atoms with Crippen LogP contribution in [0.2, 0.25) is 0 Å². The van der Waals surface area contributed by atoms with Crippen molar-refractivity contribution in [2.24, 2.45) is 0 Å². The lowest BCUT2D eigenvalue weighted by atomic mass is 9.99. The molecule has 0 spiro atoms. The summed E-state index contributed by atoms with van der Waals surface area (Å²) in [4.78, 5) is 36.9. The molecule has 0 radical (unpaired) electrons. The molecule has 2 atom stereocenters. The Balaban J connectivity index is 1.69. The van der Waals surface area contributed by atoms with Crippen LogP contribution >= 0.6 is 0 Å². The van der Waals surface area contributed by atoms with Crippen LogP contribution in [0, 0.1) is 0 Å². The van der Waals surface area contributed by atoms with Crippen molar-refractivity contribution in [3.63, 3.8) is 0 Å². The largest absolute Gasteiger partial charge is 0.480 e. The summed E-state index contributed by atoms with van der Waals surface area (Å²) in [5, 5.41) is 12.1. The first kappa shape index (κ1) is 21.9. The number of carbonyl (C=O) groups excluding carboxylic acids is 2. The first-order valence-electron chi connectivity index (χ1n) is 9.79. The Morgan fingerprint density at radius 1 is 0.839 bits per heavy atom. The van der Waals surface area contributed by atoms with Crippen molar-refractivity contribution in [2.45, 2.75) is 18.6 Å². The molecule has 31 heavy (non-hydrogen) atoms. The number of hydrogen-bond donors (Lipinski definition) is 2. The van der Waals surface area contributed by atoms with Gasteiger partial charge in [0, 0.05) is 24.7 Å². The minimum absolute atomic E-state index is 0.0755. The van der Waals surface area contributed by atoms with E-state index in [1.165, 1.54) is 7.11 Å². The number of amides is 1. The maximum Gasteiger partial charge on any atom is 0.326 e. The second kappa shape index (κ2) is 10.3. The Labute approximate surface area is 180 Å². The summed E-state index contributed by atoms with van der Waals surface area (Å²) in [5.74, 6) is -1.79. The van der Waals surface area contributed by atoms with E-state index in [0.29, 0.717) is 22.3 Å². The summed E-state index contributed by atoms with van der Waals surface area (Å²) in [6.45, 7) is 0. The number of rotatable bonds is 9. The number of methoxy groups -OCH3 is 1. The maximum absolute atomic E-state index is 12.6. The summed E-state index contributed by atoms with van der Waals surface area (Å²) in [5.41, 5.74) is 2.41. The fourth-order valence-corrected chi connectivity index (χ4v) is 3.25. The van der Waals surface area contributed by atoms with Crippen molar-refractivity contribution in [2.75, 3.05) is 7.11 Å². The van der Waals surface area contributed by atoms with Crippen molar-refractivity contribution < 1.29 is 24.2 Å². The van der Waals surface area contributed by atoms with Crippen molar-refractivity contribution >= 4 is 17.7 Å². The third-order valence-electron chi connectivity index (χ3n) is 4.88. The Morgan fingerprint density at radius 2 is 1.39 bits per heavy atom. The third kappa shape index (κ3) is 5.65. The van der Waals surface area contributed by atoms with Crippen LogP contribution in [-0.4, -0.2) is 35.9 Å². The highest BCUT2D eigenvalue weighted by Gasteiger charge is 2.26. The topological polar surface area (TPSA) is 92.7 Å². The zero-order valence-electron chi connectivity index (χ0n) is 17.0. The smallest absolute Gasteiger partial charge is 0.326 e. The average molecular weight is 417 g/mol. The van der Waals surface area contributed by atoms with E-state index in [9.17, 15) is 19.5 Å². The van der Waals surface area contributed by atoms with Gasteiger partial charge in [0.25, 0.3) is 5.91 Å². The fraction of sp³-hybridized carbons (Fsp3) is 0.160. The number of aliphatic carboxylic acids is 1. The second-order valence-corrected chi connectivity index (χ2v) is 7.02. The number of nitrogens with one attached hydrogen (secondary N) is 1. The Morgan fingerprint density at radius 3 is 1.94 bits per heavy atom. The molecular formula is C25H23NO5. The molecule has 0 fully saturated rings. The van der Waals surface area contributed by atoms with Crippen LogP contribution in [0.4, 0.5) is 0 Å². The molecule has 0 unspecified atom stereocenters. The van der Waals surface area contributed by atoms with Gasteiger partial charge in [0.05, 0.1) is 0 Å². The molecule has 0 aliphatic heterocycles. The van der Waals surface area contributed by atoms with E-state index in [1.54, 1.807) is 72.8 Å². The molecule has 0 aromatic heterocycles. The molecule has 1 amide bonds. The summed E-state index contributed by atoms with van der Waals surface area (Å²) in [7, 11) is 1.40. The van der Waals surface area contributed by atoms with Gasteiger partial charge in [-0.05, 0) is 11.1 Å². The molecule has 0 aliphatic carbocycles. The minimum atomic E-state index is -1.15. The lowest BCUT2D eigenvalue weighted by Crippen LogP contribution is -2.44. The highest BCUT2D eigenvalue weighted by atomic mass is 16.5. The van der Waals surface area contributed by atoms with Crippen LogP contribution in [0.5, 0.6) is 0 Å². The number of carboxylic acid groups (broad SMARTS) is 1. The predicted molar refractivity (Wildman–Crippen MR) is 116 cm³/mol. The highest BCUT2D eigenvalue weighted by Crippen LogP contribution is 2.17. The average Bonchev–Trinajstić information content (AvgIpc) is 2.80. The molecule has 0 aliphatic rings. The van der Waals surface area contributed by atoms with Gasteiger partial charge in [0.15, 0.2) is 11.9 Å². The van der Waals surface area contributed by atoms with Crippen LogP contribution < -0.4 is 5.32 Å². The summed E-state index contributed by atoms with van der Waals surface area (Å²) in [6, 6.07) is 23.4. The molecular weight excluding hydrogens is 394 g/mol. The predicted octanol–water partition coefficient (Wildman–Crippen LogP) is 3.42. The number of ether oxygens (including phenoxy) is 1. The molecule has 6 nitrogen and oxygen atoms in total. The molecule has 2 N–H and O–H groups in total. The quantitative estimate of drug-likeness (QED) is 0.521. The summed E-state index contributed by atoms with van der Waals surface area (Å²) < 4.78 is 5.27. The lowest BCUT2D eigenvalue weighted by Gasteiger charge is -2.20. The Bertz CT molecular complexity index is 1030. The van der Waals surface area contributed by atoms with Crippen LogP contribution in [0.25, 0.3) is 0 Å².